The third-order valence-electron chi connectivity index (χ3n) is 1.75. The molecule has 0 radical (unpaired) electrons. The fraction of sp³-hybridized carbons (Fsp3) is 0.200. The van der Waals surface area contributed by atoms with Crippen LogP contribution in [-0.4, -0.2) is 0 Å². The Morgan fingerprint density at radius 1 is 0.812 bits per heavy atom. The van der Waals surface area contributed by atoms with Crippen LogP contribution in [0.1, 0.15) is 16.7 Å². The molecule has 0 unspecified atom stereocenters. The molecule has 0 atom stereocenters. The summed E-state index contributed by atoms with van der Waals surface area (Å²) in [6.45, 7) is 0. The van der Waals surface area contributed by atoms with Gasteiger partial charge in [-0.05, 0) is 18.2 Å². The summed E-state index contributed by atoms with van der Waals surface area (Å²) in [7, 11) is 0. The molecule has 0 N–H and O–H groups in total. The first-order valence-corrected chi connectivity index (χ1v) is 3.90. The van der Waals surface area contributed by atoms with Crippen LogP contribution in [0.25, 0.3) is 0 Å². The Morgan fingerprint density at radius 3 is 1.44 bits per heavy atom. The highest BCUT2D eigenvalue weighted by atomic mass is 19.4. The first-order valence-electron chi connectivity index (χ1n) is 3.90. The van der Waals surface area contributed by atoms with Crippen molar-refractivity contribution in [2.45, 2.75) is 12.4 Å². The molecule has 1 rings (SSSR count). The van der Waals surface area contributed by atoms with Crippen molar-refractivity contribution in [3.05, 3.63) is 34.9 Å². The van der Waals surface area contributed by atoms with Crippen molar-refractivity contribution in [2.24, 2.45) is 0 Å². The zero-order chi connectivity index (χ0) is 12.6. The van der Waals surface area contributed by atoms with Crippen LogP contribution in [0, 0.1) is 12.3 Å². The molecular formula is C10H4F6. The van der Waals surface area contributed by atoms with E-state index in [0.29, 0.717) is 12.1 Å². The van der Waals surface area contributed by atoms with E-state index in [1.807, 2.05) is 0 Å². The van der Waals surface area contributed by atoms with Crippen LogP contribution in [-0.2, 0) is 12.4 Å². The molecule has 0 amide bonds. The normalized spacial score (nSPS) is 12.3. The maximum absolute atomic E-state index is 12.2. The molecule has 0 heterocycles. The number of terminal acetylenes is 1. The summed E-state index contributed by atoms with van der Waals surface area (Å²) in [6.07, 6.45) is -4.92. The Labute approximate surface area is 86.9 Å². The summed E-state index contributed by atoms with van der Waals surface area (Å²) in [5.74, 6) is 1.75. The summed E-state index contributed by atoms with van der Waals surface area (Å²) < 4.78 is 73.4. The number of halogens is 6. The molecule has 1 aromatic carbocycles. The summed E-state index contributed by atoms with van der Waals surface area (Å²) in [4.78, 5) is 0. The van der Waals surface area contributed by atoms with Gasteiger partial charge >= 0.3 is 12.4 Å². The van der Waals surface area contributed by atoms with Crippen molar-refractivity contribution in [1.82, 2.24) is 0 Å². The lowest BCUT2D eigenvalue weighted by Gasteiger charge is -2.12. The van der Waals surface area contributed by atoms with Crippen molar-refractivity contribution in [1.29, 1.82) is 0 Å². The van der Waals surface area contributed by atoms with Gasteiger partial charge < -0.3 is 0 Å². The SMILES string of the molecule is C#Cc1cc(C(F)(F)F)cc(C(F)(F)F)c1. The molecule has 0 fully saturated rings. The minimum atomic E-state index is -4.85. The van der Waals surface area contributed by atoms with Gasteiger partial charge in [-0.1, -0.05) is 5.92 Å². The molecule has 6 heteroatoms. The zero-order valence-corrected chi connectivity index (χ0v) is 7.58. The van der Waals surface area contributed by atoms with Crippen LogP contribution >= 0.6 is 0 Å². The first-order chi connectivity index (χ1) is 7.14. The molecule has 0 spiro atoms. The lowest BCUT2D eigenvalue weighted by Crippen LogP contribution is -2.11. The smallest absolute Gasteiger partial charge is 0.166 e. The average molecular weight is 238 g/mol. The van der Waals surface area contributed by atoms with Crippen molar-refractivity contribution in [3.63, 3.8) is 0 Å². The van der Waals surface area contributed by atoms with Crippen molar-refractivity contribution < 1.29 is 26.3 Å². The number of alkyl halides is 6. The van der Waals surface area contributed by atoms with Crippen LogP contribution in [0.3, 0.4) is 0 Å². The first kappa shape index (κ1) is 12.4. The van der Waals surface area contributed by atoms with Gasteiger partial charge in [0.15, 0.2) is 0 Å². The number of hydrogen-bond acceptors (Lipinski definition) is 0. The van der Waals surface area contributed by atoms with E-state index in [1.165, 1.54) is 0 Å². The van der Waals surface area contributed by atoms with Crippen LogP contribution in [0.2, 0.25) is 0 Å². The Balaban J connectivity index is 3.41. The minimum absolute atomic E-state index is 0.0286. The average Bonchev–Trinajstić information content (AvgIpc) is 2.14. The summed E-state index contributed by atoms with van der Waals surface area (Å²) in [6, 6.07) is 1.02. The highest BCUT2D eigenvalue weighted by Crippen LogP contribution is 2.36. The molecule has 1 aromatic rings. The highest BCUT2D eigenvalue weighted by Gasteiger charge is 2.36. The van der Waals surface area contributed by atoms with Crippen molar-refractivity contribution >= 4 is 0 Å². The third-order valence-corrected chi connectivity index (χ3v) is 1.75. The van der Waals surface area contributed by atoms with Gasteiger partial charge in [-0.2, -0.15) is 26.3 Å². The minimum Gasteiger partial charge on any atom is -0.166 e. The molecule has 0 aliphatic carbocycles. The van der Waals surface area contributed by atoms with E-state index in [4.69, 9.17) is 6.42 Å². The van der Waals surface area contributed by atoms with E-state index in [2.05, 4.69) is 0 Å². The highest BCUT2D eigenvalue weighted by molar-refractivity contribution is 5.41. The summed E-state index contributed by atoms with van der Waals surface area (Å²) in [5.41, 5.74) is -3.27. The maximum atomic E-state index is 12.2. The molecule has 0 nitrogen and oxygen atoms in total. The van der Waals surface area contributed by atoms with E-state index in [-0.39, 0.29) is 6.07 Å². The largest absolute Gasteiger partial charge is 0.416 e. The van der Waals surface area contributed by atoms with Crippen molar-refractivity contribution in [2.75, 3.05) is 0 Å². The second kappa shape index (κ2) is 3.74. The number of benzene rings is 1. The lowest BCUT2D eigenvalue weighted by atomic mass is 10.1. The fourth-order valence-electron chi connectivity index (χ4n) is 1.04. The Bertz CT molecular complexity index is 400. The van der Waals surface area contributed by atoms with Crippen LogP contribution < -0.4 is 0 Å². The molecule has 0 aliphatic rings. The van der Waals surface area contributed by atoms with Gasteiger partial charge in [0.2, 0.25) is 0 Å². The molecule has 16 heavy (non-hydrogen) atoms. The van der Waals surface area contributed by atoms with Gasteiger partial charge in [-0.3, -0.25) is 0 Å². The molecule has 0 bridgehead atoms. The monoisotopic (exact) mass is 238 g/mol. The Morgan fingerprint density at radius 2 is 1.19 bits per heavy atom. The van der Waals surface area contributed by atoms with Crippen LogP contribution in [0.4, 0.5) is 26.3 Å². The molecule has 0 saturated carbocycles. The number of hydrogen-bond donors (Lipinski definition) is 0. The van der Waals surface area contributed by atoms with Gasteiger partial charge in [0.25, 0.3) is 0 Å². The van der Waals surface area contributed by atoms with E-state index in [1.54, 1.807) is 5.92 Å². The van der Waals surface area contributed by atoms with E-state index < -0.39 is 29.0 Å². The predicted molar refractivity (Wildman–Crippen MR) is 44.4 cm³/mol. The quantitative estimate of drug-likeness (QED) is 0.477. The standard InChI is InChI=1S/C10H4F6/c1-2-6-3-7(9(11,12)13)5-8(4-6)10(14,15)16/h1,3-5H. The third kappa shape index (κ3) is 2.69. The molecule has 86 valence electrons. The van der Waals surface area contributed by atoms with Gasteiger partial charge in [0.05, 0.1) is 11.1 Å². The van der Waals surface area contributed by atoms with Gasteiger partial charge in [0, 0.05) is 5.56 Å². The van der Waals surface area contributed by atoms with Crippen LogP contribution in [0.15, 0.2) is 18.2 Å². The number of rotatable bonds is 0. The molecular weight excluding hydrogens is 234 g/mol. The second-order valence-corrected chi connectivity index (χ2v) is 2.94. The molecule has 0 aliphatic heterocycles. The topological polar surface area (TPSA) is 0 Å². The summed E-state index contributed by atoms with van der Waals surface area (Å²) >= 11 is 0. The van der Waals surface area contributed by atoms with Gasteiger partial charge in [0.1, 0.15) is 0 Å². The second-order valence-electron chi connectivity index (χ2n) is 2.94. The van der Waals surface area contributed by atoms with E-state index in [0.717, 1.165) is 0 Å². The fourth-order valence-corrected chi connectivity index (χ4v) is 1.04. The maximum Gasteiger partial charge on any atom is 0.416 e. The summed E-state index contributed by atoms with van der Waals surface area (Å²) in [5, 5.41) is 0. The van der Waals surface area contributed by atoms with Crippen LogP contribution in [0.5, 0.6) is 0 Å². The van der Waals surface area contributed by atoms with Gasteiger partial charge in [-0.15, -0.1) is 6.42 Å². The molecule has 0 saturated heterocycles. The van der Waals surface area contributed by atoms with Gasteiger partial charge in [-0.25, -0.2) is 0 Å². The Hall–Kier alpha value is -1.64. The lowest BCUT2D eigenvalue weighted by molar-refractivity contribution is -0.143. The predicted octanol–water partition coefficient (Wildman–Crippen LogP) is 3.71. The molecule has 0 aromatic heterocycles. The van der Waals surface area contributed by atoms with E-state index in [9.17, 15) is 26.3 Å². The van der Waals surface area contributed by atoms with E-state index >= 15 is 0 Å². The zero-order valence-electron chi connectivity index (χ0n) is 7.58. The Kier molecular flexibility index (Phi) is 2.91. The van der Waals surface area contributed by atoms with Crippen molar-refractivity contribution in [3.8, 4) is 12.3 Å².